The standard InChI is InChI=1S/C42H83O8P/c1-6-8-10-12-14-16-18-20-22-24-26-28-30-33-40(43)47-37-39(38-49-51(45,46)48-36-32-35-42(3,4)5)50-41(44)34-31-29-27-25-23-21-19-17-15-13-11-9-7-2/h39H,6-38H2,1-5H3,(H,45,46). The number of phosphoric ester groups is 1. The van der Waals surface area contributed by atoms with E-state index in [-0.39, 0.29) is 37.6 Å². The molecule has 0 fully saturated rings. The van der Waals surface area contributed by atoms with Crippen LogP contribution in [0.3, 0.4) is 0 Å². The van der Waals surface area contributed by atoms with Gasteiger partial charge in [0.15, 0.2) is 6.10 Å². The molecule has 0 heterocycles. The molecule has 9 heteroatoms. The third-order valence-corrected chi connectivity index (χ3v) is 10.4. The number of rotatable bonds is 38. The van der Waals surface area contributed by atoms with Crippen LogP contribution in [-0.4, -0.2) is 42.8 Å². The largest absolute Gasteiger partial charge is 0.472 e. The fourth-order valence-electron chi connectivity index (χ4n) is 6.19. The first-order valence-corrected chi connectivity index (χ1v) is 23.0. The van der Waals surface area contributed by atoms with E-state index in [1.54, 1.807) is 0 Å². The van der Waals surface area contributed by atoms with E-state index < -0.39 is 19.9 Å². The molecule has 0 spiro atoms. The lowest BCUT2D eigenvalue weighted by atomic mass is 9.91. The van der Waals surface area contributed by atoms with Crippen LogP contribution in [0.15, 0.2) is 0 Å². The first-order chi connectivity index (χ1) is 24.5. The molecule has 0 rings (SSSR count). The second-order valence-electron chi connectivity index (χ2n) is 16.0. The van der Waals surface area contributed by atoms with Crippen molar-refractivity contribution in [1.82, 2.24) is 0 Å². The first kappa shape index (κ1) is 50.1. The van der Waals surface area contributed by atoms with Crippen LogP contribution in [0.1, 0.15) is 227 Å². The zero-order valence-corrected chi connectivity index (χ0v) is 35.1. The van der Waals surface area contributed by atoms with Crippen LogP contribution in [0.25, 0.3) is 0 Å². The number of carbonyl (C=O) groups excluding carboxylic acids is 2. The SMILES string of the molecule is CCCCCCCCCCCCCCCC(=O)OCC(COP(=O)(O)OCCCC(C)(C)C)OC(=O)CCCCCCCCCCCCCCC. The van der Waals surface area contributed by atoms with E-state index in [4.69, 9.17) is 18.5 Å². The Morgan fingerprint density at radius 2 is 0.902 bits per heavy atom. The van der Waals surface area contributed by atoms with Gasteiger partial charge in [-0.2, -0.15) is 0 Å². The molecular formula is C42H83O8P. The zero-order valence-electron chi connectivity index (χ0n) is 34.2. The van der Waals surface area contributed by atoms with Crippen LogP contribution in [0.5, 0.6) is 0 Å². The molecule has 2 unspecified atom stereocenters. The smallest absolute Gasteiger partial charge is 0.462 e. The molecule has 0 aliphatic heterocycles. The van der Waals surface area contributed by atoms with E-state index in [1.165, 1.54) is 128 Å². The Bertz CT molecular complexity index is 843. The van der Waals surface area contributed by atoms with Crippen molar-refractivity contribution in [2.24, 2.45) is 5.41 Å². The van der Waals surface area contributed by atoms with E-state index >= 15 is 0 Å². The van der Waals surface area contributed by atoms with E-state index in [0.29, 0.717) is 12.8 Å². The summed E-state index contributed by atoms with van der Waals surface area (Å²) in [6.07, 6.45) is 32.9. The Labute approximate surface area is 315 Å². The van der Waals surface area contributed by atoms with Crippen molar-refractivity contribution >= 4 is 19.8 Å². The van der Waals surface area contributed by atoms with Gasteiger partial charge in [-0.1, -0.05) is 189 Å². The van der Waals surface area contributed by atoms with Crippen molar-refractivity contribution < 1.29 is 37.6 Å². The maximum atomic E-state index is 12.7. The average molecular weight is 747 g/mol. The number of ether oxygens (including phenoxy) is 2. The molecule has 0 aliphatic rings. The summed E-state index contributed by atoms with van der Waals surface area (Å²) in [6, 6.07) is 0. The summed E-state index contributed by atoms with van der Waals surface area (Å²) in [6.45, 7) is 10.3. The van der Waals surface area contributed by atoms with Crippen molar-refractivity contribution in [3.05, 3.63) is 0 Å². The number of unbranched alkanes of at least 4 members (excludes halogenated alkanes) is 24. The Balaban J connectivity index is 4.40. The third-order valence-electron chi connectivity index (χ3n) is 9.45. The van der Waals surface area contributed by atoms with Crippen LogP contribution >= 0.6 is 7.82 Å². The summed E-state index contributed by atoms with van der Waals surface area (Å²) in [5, 5.41) is 0. The fraction of sp³-hybridized carbons (Fsp3) is 0.952. The van der Waals surface area contributed by atoms with Crippen LogP contribution < -0.4 is 0 Å². The number of hydrogen-bond acceptors (Lipinski definition) is 7. The predicted molar refractivity (Wildman–Crippen MR) is 212 cm³/mol. The molecule has 0 aromatic rings. The van der Waals surface area contributed by atoms with Gasteiger partial charge in [-0.05, 0) is 31.1 Å². The Kier molecular flexibility index (Phi) is 34.1. The van der Waals surface area contributed by atoms with Gasteiger partial charge in [0.25, 0.3) is 0 Å². The molecule has 51 heavy (non-hydrogen) atoms. The number of hydrogen-bond donors (Lipinski definition) is 1. The van der Waals surface area contributed by atoms with E-state index in [2.05, 4.69) is 34.6 Å². The summed E-state index contributed by atoms with van der Waals surface area (Å²) >= 11 is 0. The highest BCUT2D eigenvalue weighted by atomic mass is 31.2. The molecule has 0 amide bonds. The fourth-order valence-corrected chi connectivity index (χ4v) is 6.98. The molecule has 0 radical (unpaired) electrons. The van der Waals surface area contributed by atoms with Crippen molar-refractivity contribution in [1.29, 1.82) is 0 Å². The maximum absolute atomic E-state index is 12.7. The monoisotopic (exact) mass is 747 g/mol. The van der Waals surface area contributed by atoms with Crippen molar-refractivity contribution in [3.8, 4) is 0 Å². The molecule has 2 atom stereocenters. The topological polar surface area (TPSA) is 108 Å². The molecule has 8 nitrogen and oxygen atoms in total. The lowest BCUT2D eigenvalue weighted by molar-refractivity contribution is -0.161. The molecule has 0 aromatic heterocycles. The second kappa shape index (κ2) is 34.8. The molecule has 0 saturated carbocycles. The summed E-state index contributed by atoms with van der Waals surface area (Å²) in [7, 11) is -4.35. The molecule has 304 valence electrons. The van der Waals surface area contributed by atoms with Crippen molar-refractivity contribution in [2.45, 2.75) is 233 Å². The van der Waals surface area contributed by atoms with Gasteiger partial charge in [0.05, 0.1) is 13.2 Å². The van der Waals surface area contributed by atoms with Gasteiger partial charge in [-0.3, -0.25) is 18.6 Å². The van der Waals surface area contributed by atoms with Crippen LogP contribution in [-0.2, 0) is 32.7 Å². The van der Waals surface area contributed by atoms with Gasteiger partial charge in [0, 0.05) is 12.8 Å². The van der Waals surface area contributed by atoms with E-state index in [9.17, 15) is 19.0 Å². The van der Waals surface area contributed by atoms with Crippen LogP contribution in [0, 0.1) is 5.41 Å². The minimum atomic E-state index is -4.35. The molecule has 0 aliphatic carbocycles. The van der Waals surface area contributed by atoms with Crippen molar-refractivity contribution in [2.75, 3.05) is 19.8 Å². The lowest BCUT2D eigenvalue weighted by Crippen LogP contribution is -2.29. The number of phosphoric acid groups is 1. The molecule has 1 N–H and O–H groups in total. The van der Waals surface area contributed by atoms with Crippen LogP contribution in [0.2, 0.25) is 0 Å². The quantitative estimate of drug-likeness (QED) is 0.0378. The normalized spacial score (nSPS) is 13.6. The Morgan fingerprint density at radius 3 is 1.29 bits per heavy atom. The minimum absolute atomic E-state index is 0.0860. The summed E-state index contributed by atoms with van der Waals surface area (Å²) in [5.41, 5.74) is 0.0903. The molecule has 0 saturated heterocycles. The van der Waals surface area contributed by atoms with Gasteiger partial charge in [0.2, 0.25) is 0 Å². The highest BCUT2D eigenvalue weighted by Gasteiger charge is 2.26. The maximum Gasteiger partial charge on any atom is 0.472 e. The van der Waals surface area contributed by atoms with Crippen molar-refractivity contribution in [3.63, 3.8) is 0 Å². The highest BCUT2D eigenvalue weighted by molar-refractivity contribution is 7.47. The van der Waals surface area contributed by atoms with Crippen LogP contribution in [0.4, 0.5) is 0 Å². The number of carbonyl (C=O) groups is 2. The Morgan fingerprint density at radius 1 is 0.529 bits per heavy atom. The van der Waals surface area contributed by atoms with Gasteiger partial charge >= 0.3 is 19.8 Å². The summed E-state index contributed by atoms with van der Waals surface area (Å²) in [4.78, 5) is 35.3. The van der Waals surface area contributed by atoms with Gasteiger partial charge in [0.1, 0.15) is 6.61 Å². The van der Waals surface area contributed by atoms with Gasteiger partial charge in [-0.25, -0.2) is 4.57 Å². The zero-order chi connectivity index (χ0) is 37.9. The lowest BCUT2D eigenvalue weighted by Gasteiger charge is -2.21. The molecule has 0 aromatic carbocycles. The molecular weight excluding hydrogens is 663 g/mol. The highest BCUT2D eigenvalue weighted by Crippen LogP contribution is 2.43. The first-order valence-electron chi connectivity index (χ1n) is 21.5. The molecule has 0 bridgehead atoms. The van der Waals surface area contributed by atoms with Gasteiger partial charge < -0.3 is 14.4 Å². The summed E-state index contributed by atoms with van der Waals surface area (Å²) < 4.78 is 33.8. The van der Waals surface area contributed by atoms with E-state index in [0.717, 1.165) is 44.9 Å². The minimum Gasteiger partial charge on any atom is -0.462 e. The summed E-state index contributed by atoms with van der Waals surface area (Å²) in [5.74, 6) is -0.778. The van der Waals surface area contributed by atoms with Gasteiger partial charge in [-0.15, -0.1) is 0 Å². The third kappa shape index (κ3) is 38.6. The Hall–Kier alpha value is -0.950. The average Bonchev–Trinajstić information content (AvgIpc) is 3.08. The van der Waals surface area contributed by atoms with E-state index in [1.807, 2.05) is 0 Å². The number of esters is 2. The second-order valence-corrected chi connectivity index (χ2v) is 17.5. The predicted octanol–water partition coefficient (Wildman–Crippen LogP) is 13.4.